The molecule has 0 saturated heterocycles. The molecule has 0 aliphatic heterocycles. The maximum Gasteiger partial charge on any atom is 0.307 e. The summed E-state index contributed by atoms with van der Waals surface area (Å²) in [5, 5.41) is 9.37. The summed E-state index contributed by atoms with van der Waals surface area (Å²) in [7, 11) is 1.57. The summed E-state index contributed by atoms with van der Waals surface area (Å²) >= 11 is 0. The van der Waals surface area contributed by atoms with Gasteiger partial charge in [0.25, 0.3) is 0 Å². The number of halogens is 1. The maximum atomic E-state index is 13.2. The first-order valence-corrected chi connectivity index (χ1v) is 6.68. The Kier molecular flexibility index (Phi) is 4.93. The first-order valence-electron chi connectivity index (χ1n) is 6.68. The number of hydrogen-bond acceptors (Lipinski definition) is 2. The van der Waals surface area contributed by atoms with Crippen LogP contribution in [0.3, 0.4) is 0 Å². The van der Waals surface area contributed by atoms with E-state index >= 15 is 0 Å². The molecular weight excluding hydrogens is 271 g/mol. The minimum Gasteiger partial charge on any atom is -0.497 e. The Balaban J connectivity index is 2.13. The summed E-state index contributed by atoms with van der Waals surface area (Å²) in [6.07, 6.45) is 0.674. The molecule has 0 fully saturated rings. The van der Waals surface area contributed by atoms with Gasteiger partial charge in [0.2, 0.25) is 0 Å². The molecule has 0 heterocycles. The molecule has 0 saturated carbocycles. The molecule has 0 aromatic heterocycles. The van der Waals surface area contributed by atoms with E-state index in [1.165, 1.54) is 12.1 Å². The van der Waals surface area contributed by atoms with Gasteiger partial charge >= 0.3 is 5.97 Å². The van der Waals surface area contributed by atoms with Gasteiger partial charge in [-0.25, -0.2) is 4.39 Å². The Morgan fingerprint density at radius 1 is 1.14 bits per heavy atom. The molecule has 2 rings (SSSR count). The molecule has 0 bridgehead atoms. The molecule has 0 spiro atoms. The van der Waals surface area contributed by atoms with E-state index in [4.69, 9.17) is 4.74 Å². The fraction of sp³-hybridized carbons (Fsp3) is 0.235. The van der Waals surface area contributed by atoms with E-state index in [1.54, 1.807) is 19.2 Å². The largest absolute Gasteiger partial charge is 0.497 e. The van der Waals surface area contributed by atoms with Crippen LogP contribution in [0.15, 0.2) is 48.5 Å². The second-order valence-corrected chi connectivity index (χ2v) is 4.92. The van der Waals surface area contributed by atoms with Crippen LogP contribution >= 0.6 is 0 Å². The van der Waals surface area contributed by atoms with Crippen LogP contribution in [0.2, 0.25) is 0 Å². The van der Waals surface area contributed by atoms with Crippen molar-refractivity contribution in [1.29, 1.82) is 0 Å². The lowest BCUT2D eigenvalue weighted by Gasteiger charge is -2.13. The fourth-order valence-corrected chi connectivity index (χ4v) is 2.28. The van der Waals surface area contributed by atoms with Gasteiger partial charge < -0.3 is 9.84 Å². The van der Waals surface area contributed by atoms with E-state index in [-0.39, 0.29) is 5.82 Å². The second kappa shape index (κ2) is 6.88. The van der Waals surface area contributed by atoms with E-state index < -0.39 is 11.9 Å². The average Bonchev–Trinajstić information content (AvgIpc) is 2.47. The molecule has 1 atom stereocenters. The number of aliphatic carboxylic acids is 1. The predicted octanol–water partition coefficient (Wildman–Crippen LogP) is 3.32. The van der Waals surface area contributed by atoms with Crippen molar-refractivity contribution in [1.82, 2.24) is 0 Å². The van der Waals surface area contributed by atoms with Gasteiger partial charge in [-0.15, -0.1) is 0 Å². The van der Waals surface area contributed by atoms with Gasteiger partial charge in [-0.05, 0) is 48.2 Å². The maximum absolute atomic E-state index is 13.2. The Hall–Kier alpha value is -2.36. The summed E-state index contributed by atoms with van der Waals surface area (Å²) < 4.78 is 18.3. The molecule has 2 aromatic rings. The lowest BCUT2D eigenvalue weighted by Crippen LogP contribution is -2.19. The number of rotatable bonds is 6. The Labute approximate surface area is 123 Å². The Bertz CT molecular complexity index is 625. The monoisotopic (exact) mass is 288 g/mol. The van der Waals surface area contributed by atoms with Gasteiger partial charge in [0.1, 0.15) is 11.6 Å². The smallest absolute Gasteiger partial charge is 0.307 e. The molecule has 110 valence electrons. The zero-order valence-corrected chi connectivity index (χ0v) is 11.8. The molecule has 4 heteroatoms. The number of ether oxygens (including phenoxy) is 1. The van der Waals surface area contributed by atoms with Crippen LogP contribution in [0.4, 0.5) is 4.39 Å². The molecular formula is C17H17FO3. The van der Waals surface area contributed by atoms with Crippen molar-refractivity contribution in [2.75, 3.05) is 7.11 Å². The highest BCUT2D eigenvalue weighted by Crippen LogP contribution is 2.19. The van der Waals surface area contributed by atoms with E-state index in [0.29, 0.717) is 24.2 Å². The molecule has 0 aliphatic carbocycles. The zero-order valence-electron chi connectivity index (χ0n) is 11.8. The zero-order chi connectivity index (χ0) is 15.2. The molecule has 0 radical (unpaired) electrons. The normalized spacial score (nSPS) is 11.9. The SMILES string of the molecule is COc1cccc(CC(Cc2cccc(F)c2)C(=O)O)c1. The van der Waals surface area contributed by atoms with Crippen LogP contribution < -0.4 is 4.74 Å². The van der Waals surface area contributed by atoms with E-state index in [2.05, 4.69) is 0 Å². The third kappa shape index (κ3) is 4.31. The van der Waals surface area contributed by atoms with Crippen LogP contribution in [-0.4, -0.2) is 18.2 Å². The predicted molar refractivity (Wildman–Crippen MR) is 77.9 cm³/mol. The van der Waals surface area contributed by atoms with Gasteiger partial charge in [-0.2, -0.15) is 0 Å². The van der Waals surface area contributed by atoms with Crippen molar-refractivity contribution in [2.45, 2.75) is 12.8 Å². The van der Waals surface area contributed by atoms with Crippen molar-refractivity contribution in [3.8, 4) is 5.75 Å². The number of benzene rings is 2. The van der Waals surface area contributed by atoms with E-state index in [1.807, 2.05) is 24.3 Å². The molecule has 1 N–H and O–H groups in total. The van der Waals surface area contributed by atoms with Crippen LogP contribution in [0.25, 0.3) is 0 Å². The number of carboxylic acid groups (broad SMARTS) is 1. The fourth-order valence-electron chi connectivity index (χ4n) is 2.28. The van der Waals surface area contributed by atoms with Gasteiger partial charge in [-0.3, -0.25) is 4.79 Å². The summed E-state index contributed by atoms with van der Waals surface area (Å²) in [5.41, 5.74) is 1.57. The number of carbonyl (C=O) groups is 1. The van der Waals surface area contributed by atoms with Crippen LogP contribution in [0, 0.1) is 11.7 Å². The minimum atomic E-state index is -0.887. The minimum absolute atomic E-state index is 0.296. The lowest BCUT2D eigenvalue weighted by molar-refractivity contribution is -0.141. The Morgan fingerprint density at radius 2 is 1.76 bits per heavy atom. The molecule has 3 nitrogen and oxygen atoms in total. The summed E-state index contributed by atoms with van der Waals surface area (Å²) in [6, 6.07) is 13.4. The average molecular weight is 288 g/mol. The van der Waals surface area contributed by atoms with Gasteiger partial charge in [-0.1, -0.05) is 24.3 Å². The van der Waals surface area contributed by atoms with Gasteiger partial charge in [0.15, 0.2) is 0 Å². The number of methoxy groups -OCH3 is 1. The summed E-state index contributed by atoms with van der Waals surface area (Å²) in [5.74, 6) is -1.14. The summed E-state index contributed by atoms with van der Waals surface area (Å²) in [6.45, 7) is 0. The number of carboxylic acids is 1. The highest BCUT2D eigenvalue weighted by molar-refractivity contribution is 5.71. The topological polar surface area (TPSA) is 46.5 Å². The van der Waals surface area contributed by atoms with Crippen LogP contribution in [-0.2, 0) is 17.6 Å². The van der Waals surface area contributed by atoms with E-state index in [9.17, 15) is 14.3 Å². The second-order valence-electron chi connectivity index (χ2n) is 4.92. The standard InChI is InChI=1S/C17H17FO3/c1-21-16-7-3-5-13(11-16)9-14(17(19)20)8-12-4-2-6-15(18)10-12/h2-7,10-11,14H,8-9H2,1H3,(H,19,20). The van der Waals surface area contributed by atoms with Crippen LogP contribution in [0.1, 0.15) is 11.1 Å². The van der Waals surface area contributed by atoms with Gasteiger partial charge in [0.05, 0.1) is 13.0 Å². The molecule has 2 aromatic carbocycles. The van der Waals surface area contributed by atoms with E-state index in [0.717, 1.165) is 5.56 Å². The highest BCUT2D eigenvalue weighted by atomic mass is 19.1. The third-order valence-corrected chi connectivity index (χ3v) is 3.34. The molecule has 1 unspecified atom stereocenters. The third-order valence-electron chi connectivity index (χ3n) is 3.34. The number of hydrogen-bond donors (Lipinski definition) is 1. The van der Waals surface area contributed by atoms with Gasteiger partial charge in [0, 0.05) is 0 Å². The van der Waals surface area contributed by atoms with Crippen molar-refractivity contribution in [2.24, 2.45) is 5.92 Å². The van der Waals surface area contributed by atoms with Crippen molar-refractivity contribution in [3.05, 3.63) is 65.5 Å². The summed E-state index contributed by atoms with van der Waals surface area (Å²) in [4.78, 5) is 11.4. The Morgan fingerprint density at radius 3 is 2.33 bits per heavy atom. The first kappa shape index (κ1) is 15.0. The van der Waals surface area contributed by atoms with Crippen molar-refractivity contribution < 1.29 is 19.0 Å². The van der Waals surface area contributed by atoms with Crippen LogP contribution in [0.5, 0.6) is 5.75 Å². The molecule has 21 heavy (non-hydrogen) atoms. The van der Waals surface area contributed by atoms with Crippen molar-refractivity contribution >= 4 is 5.97 Å². The molecule has 0 aliphatic rings. The molecule has 0 amide bonds. The van der Waals surface area contributed by atoms with Crippen molar-refractivity contribution in [3.63, 3.8) is 0 Å². The quantitative estimate of drug-likeness (QED) is 0.887. The lowest BCUT2D eigenvalue weighted by atomic mass is 9.92. The first-order chi connectivity index (χ1) is 10.1. The highest BCUT2D eigenvalue weighted by Gasteiger charge is 2.19.